The summed E-state index contributed by atoms with van der Waals surface area (Å²) < 4.78 is 12.2. The van der Waals surface area contributed by atoms with Gasteiger partial charge in [0.15, 0.2) is 11.5 Å². The van der Waals surface area contributed by atoms with Crippen LogP contribution in [-0.4, -0.2) is 18.3 Å². The van der Waals surface area contributed by atoms with Crippen molar-refractivity contribution in [3.05, 3.63) is 44.1 Å². The average molecular weight is 371 g/mol. The van der Waals surface area contributed by atoms with Crippen LogP contribution in [0.25, 0.3) is 0 Å². The van der Waals surface area contributed by atoms with Gasteiger partial charge < -0.3 is 14.6 Å². The van der Waals surface area contributed by atoms with E-state index in [4.69, 9.17) is 9.47 Å². The predicted molar refractivity (Wildman–Crippen MR) is 89.6 cm³/mol. The van der Waals surface area contributed by atoms with Crippen LogP contribution in [0, 0.1) is 6.92 Å². The second kappa shape index (κ2) is 7.29. The third kappa shape index (κ3) is 3.78. The molecule has 0 radical (unpaired) electrons. The molecule has 1 heterocycles. The highest BCUT2D eigenvalue weighted by Crippen LogP contribution is 2.37. The van der Waals surface area contributed by atoms with Crippen LogP contribution in [0.15, 0.2) is 28.1 Å². The molecule has 0 fully saturated rings. The van der Waals surface area contributed by atoms with Crippen molar-refractivity contribution in [1.82, 2.24) is 0 Å². The third-order valence-electron chi connectivity index (χ3n) is 3.03. The fourth-order valence-electron chi connectivity index (χ4n) is 2.02. The van der Waals surface area contributed by atoms with Gasteiger partial charge in [-0.25, -0.2) is 0 Å². The molecule has 114 valence electrons. The minimum absolute atomic E-state index is 0.559. The third-order valence-corrected chi connectivity index (χ3v) is 5.22. The van der Waals surface area contributed by atoms with E-state index >= 15 is 0 Å². The van der Waals surface area contributed by atoms with Gasteiger partial charge in [0.2, 0.25) is 0 Å². The number of hydrogen-bond donors (Lipinski definition) is 1. The van der Waals surface area contributed by atoms with E-state index in [2.05, 4.69) is 15.9 Å². The Morgan fingerprint density at radius 2 is 1.81 bits per heavy atom. The monoisotopic (exact) mass is 370 g/mol. The Labute approximate surface area is 137 Å². The van der Waals surface area contributed by atoms with Crippen LogP contribution in [0.4, 0.5) is 0 Å². The molecule has 21 heavy (non-hydrogen) atoms. The molecule has 0 spiro atoms. The van der Waals surface area contributed by atoms with E-state index in [9.17, 15) is 5.11 Å². The molecule has 0 amide bonds. The Hall–Kier alpha value is -1.04. The number of aliphatic hydroxyl groups is 1. The molecular formula is C16H19BrO3S. The molecule has 2 rings (SSSR count). The van der Waals surface area contributed by atoms with Gasteiger partial charge in [0.25, 0.3) is 0 Å². The molecule has 1 N–H and O–H groups in total. The van der Waals surface area contributed by atoms with Crippen LogP contribution in [0.3, 0.4) is 0 Å². The lowest BCUT2D eigenvalue weighted by atomic mass is 10.1. The van der Waals surface area contributed by atoms with Gasteiger partial charge in [-0.1, -0.05) is 6.07 Å². The van der Waals surface area contributed by atoms with E-state index in [1.807, 2.05) is 45.0 Å². The lowest BCUT2D eigenvalue weighted by molar-refractivity contribution is 0.222. The van der Waals surface area contributed by atoms with Crippen LogP contribution in [-0.2, 0) is 0 Å². The molecule has 0 saturated carbocycles. The highest BCUT2D eigenvalue weighted by Gasteiger charge is 2.17. The normalized spacial score (nSPS) is 12.2. The highest BCUT2D eigenvalue weighted by molar-refractivity contribution is 9.11. The van der Waals surface area contributed by atoms with Gasteiger partial charge in [-0.3, -0.25) is 0 Å². The fraction of sp³-hybridized carbons (Fsp3) is 0.375. The number of ether oxygens (including phenoxy) is 2. The molecular weight excluding hydrogens is 352 g/mol. The Morgan fingerprint density at radius 3 is 2.38 bits per heavy atom. The first-order chi connectivity index (χ1) is 10.1. The number of halogens is 1. The Kier molecular flexibility index (Phi) is 5.67. The van der Waals surface area contributed by atoms with Crippen molar-refractivity contribution >= 4 is 27.3 Å². The molecule has 0 aliphatic heterocycles. The topological polar surface area (TPSA) is 38.7 Å². The SMILES string of the molecule is CCOc1ccc(C(O)c2cc(C)c(Br)s2)cc1OCC. The minimum atomic E-state index is -0.658. The number of rotatable bonds is 6. The molecule has 1 aromatic heterocycles. The van der Waals surface area contributed by atoms with Crippen LogP contribution in [0.5, 0.6) is 11.5 Å². The summed E-state index contributed by atoms with van der Waals surface area (Å²) in [6.07, 6.45) is -0.658. The van der Waals surface area contributed by atoms with Gasteiger partial charge in [-0.15, -0.1) is 11.3 Å². The molecule has 0 bridgehead atoms. The summed E-state index contributed by atoms with van der Waals surface area (Å²) in [6.45, 7) is 7.02. The maximum Gasteiger partial charge on any atom is 0.161 e. The molecule has 1 aromatic carbocycles. The van der Waals surface area contributed by atoms with E-state index < -0.39 is 6.10 Å². The van der Waals surface area contributed by atoms with E-state index in [1.165, 1.54) is 0 Å². The zero-order valence-electron chi connectivity index (χ0n) is 12.4. The van der Waals surface area contributed by atoms with E-state index in [0.717, 1.165) is 19.8 Å². The van der Waals surface area contributed by atoms with Crippen molar-refractivity contribution in [3.63, 3.8) is 0 Å². The Bertz CT molecular complexity index is 590. The van der Waals surface area contributed by atoms with Gasteiger partial charge >= 0.3 is 0 Å². The second-order valence-corrected chi connectivity index (χ2v) is 6.98. The Morgan fingerprint density at radius 1 is 1.14 bits per heavy atom. The highest BCUT2D eigenvalue weighted by atomic mass is 79.9. The summed E-state index contributed by atoms with van der Waals surface area (Å²) in [7, 11) is 0. The lowest BCUT2D eigenvalue weighted by Crippen LogP contribution is -2.02. The van der Waals surface area contributed by atoms with E-state index in [1.54, 1.807) is 11.3 Å². The van der Waals surface area contributed by atoms with Crippen molar-refractivity contribution in [3.8, 4) is 11.5 Å². The predicted octanol–water partition coefficient (Wildman–Crippen LogP) is 4.70. The molecule has 0 aliphatic carbocycles. The minimum Gasteiger partial charge on any atom is -0.490 e. The van der Waals surface area contributed by atoms with E-state index in [-0.39, 0.29) is 0 Å². The van der Waals surface area contributed by atoms with Gasteiger partial charge in [-0.2, -0.15) is 0 Å². The van der Waals surface area contributed by atoms with Gasteiger partial charge in [0.05, 0.1) is 17.0 Å². The Balaban J connectivity index is 2.32. The summed E-state index contributed by atoms with van der Waals surface area (Å²) in [5.41, 5.74) is 1.93. The maximum absolute atomic E-state index is 10.5. The van der Waals surface area contributed by atoms with Crippen molar-refractivity contribution in [2.24, 2.45) is 0 Å². The van der Waals surface area contributed by atoms with Crippen molar-refractivity contribution in [2.75, 3.05) is 13.2 Å². The quantitative estimate of drug-likeness (QED) is 0.800. The fourth-order valence-corrected chi connectivity index (χ4v) is 3.61. The number of aryl methyl sites for hydroxylation is 1. The number of aliphatic hydroxyl groups excluding tert-OH is 1. The average Bonchev–Trinajstić information content (AvgIpc) is 2.80. The molecule has 1 atom stereocenters. The van der Waals surface area contributed by atoms with Gasteiger partial charge in [-0.05, 0) is 66.0 Å². The molecule has 0 aliphatic rings. The maximum atomic E-state index is 10.5. The standard InChI is InChI=1S/C16H19BrO3S/c1-4-19-12-7-6-11(9-13(12)20-5-2)15(18)14-8-10(3)16(17)21-14/h6-9,15,18H,4-5H2,1-3H3. The van der Waals surface area contributed by atoms with Crippen molar-refractivity contribution in [2.45, 2.75) is 26.9 Å². The summed E-state index contributed by atoms with van der Waals surface area (Å²) in [6, 6.07) is 7.57. The molecule has 5 heteroatoms. The van der Waals surface area contributed by atoms with Crippen LogP contribution < -0.4 is 9.47 Å². The number of hydrogen-bond acceptors (Lipinski definition) is 4. The molecule has 3 nitrogen and oxygen atoms in total. The zero-order valence-corrected chi connectivity index (χ0v) is 14.8. The number of benzene rings is 1. The lowest BCUT2D eigenvalue weighted by Gasteiger charge is -2.15. The van der Waals surface area contributed by atoms with Crippen LogP contribution >= 0.6 is 27.3 Å². The molecule has 2 aromatic rings. The zero-order chi connectivity index (χ0) is 15.4. The first kappa shape index (κ1) is 16.3. The summed E-state index contributed by atoms with van der Waals surface area (Å²) in [4.78, 5) is 0.908. The van der Waals surface area contributed by atoms with Crippen molar-refractivity contribution < 1.29 is 14.6 Å². The summed E-state index contributed by atoms with van der Waals surface area (Å²) >= 11 is 5.04. The van der Waals surface area contributed by atoms with Crippen molar-refractivity contribution in [1.29, 1.82) is 0 Å². The second-order valence-electron chi connectivity index (χ2n) is 4.58. The summed E-state index contributed by atoms with van der Waals surface area (Å²) in [5.74, 6) is 1.38. The first-order valence-corrected chi connectivity index (χ1v) is 8.51. The smallest absolute Gasteiger partial charge is 0.161 e. The van der Waals surface area contributed by atoms with Gasteiger partial charge in [0, 0.05) is 4.88 Å². The van der Waals surface area contributed by atoms with E-state index in [0.29, 0.717) is 24.7 Å². The number of thiophene rings is 1. The molecule has 1 unspecified atom stereocenters. The van der Waals surface area contributed by atoms with Crippen LogP contribution in [0.2, 0.25) is 0 Å². The largest absolute Gasteiger partial charge is 0.490 e. The van der Waals surface area contributed by atoms with Gasteiger partial charge in [0.1, 0.15) is 6.10 Å². The molecule has 0 saturated heterocycles. The first-order valence-electron chi connectivity index (χ1n) is 6.90. The summed E-state index contributed by atoms with van der Waals surface area (Å²) in [5, 5.41) is 10.5. The van der Waals surface area contributed by atoms with Crippen LogP contribution in [0.1, 0.15) is 36.0 Å².